The van der Waals surface area contributed by atoms with Crippen LogP contribution in [0.25, 0.3) is 6.08 Å². The number of aromatic hydroxyl groups is 1. The number of nitrogens with zero attached hydrogens (tertiary/aromatic N) is 1. The van der Waals surface area contributed by atoms with Crippen LogP contribution in [0, 0.1) is 17.8 Å². The lowest BCUT2D eigenvalue weighted by Crippen LogP contribution is -2.38. The lowest BCUT2D eigenvalue weighted by molar-refractivity contribution is -0.140. The molecular formula is C29H35NO5S. The highest BCUT2D eigenvalue weighted by atomic mass is 32.1. The van der Waals surface area contributed by atoms with Crippen LogP contribution in [-0.2, 0) is 16.1 Å². The highest BCUT2D eigenvalue weighted by molar-refractivity contribution is 7.09. The number of likely N-dealkylation sites (tertiary alicyclic amines) is 1. The number of fused-ring (bicyclic) bond motifs is 1. The molecule has 2 aromatic rings. The zero-order chi connectivity index (χ0) is 25.8. The fourth-order valence-electron chi connectivity index (χ4n) is 5.79. The predicted octanol–water partition coefficient (Wildman–Crippen LogP) is 4.91. The molecule has 1 saturated heterocycles. The van der Waals surface area contributed by atoms with Crippen LogP contribution >= 0.6 is 11.3 Å². The van der Waals surface area contributed by atoms with Gasteiger partial charge in [-0.2, -0.15) is 0 Å². The molecule has 2 aliphatic rings. The van der Waals surface area contributed by atoms with Gasteiger partial charge in [0.05, 0.1) is 31.1 Å². The molecule has 0 unspecified atom stereocenters. The molecule has 7 heteroatoms. The Labute approximate surface area is 216 Å². The molecule has 0 radical (unpaired) electrons. The van der Waals surface area contributed by atoms with Gasteiger partial charge in [0.25, 0.3) is 0 Å². The maximum Gasteiger partial charge on any atom is 0.234 e. The van der Waals surface area contributed by atoms with Crippen LogP contribution < -0.4 is 0 Å². The molecule has 192 valence electrons. The summed E-state index contributed by atoms with van der Waals surface area (Å²) in [6, 6.07) is 11.0. The van der Waals surface area contributed by atoms with Crippen molar-refractivity contribution in [1.29, 1.82) is 0 Å². The predicted molar refractivity (Wildman–Crippen MR) is 141 cm³/mol. The van der Waals surface area contributed by atoms with Crippen molar-refractivity contribution in [2.24, 2.45) is 17.8 Å². The summed E-state index contributed by atoms with van der Waals surface area (Å²) in [6.45, 7) is 3.97. The first kappa shape index (κ1) is 26.3. The van der Waals surface area contributed by atoms with Crippen molar-refractivity contribution in [2.75, 3.05) is 6.61 Å². The zero-order valence-electron chi connectivity index (χ0n) is 20.9. The van der Waals surface area contributed by atoms with Crippen LogP contribution in [0.15, 0.2) is 58.5 Å². The van der Waals surface area contributed by atoms with E-state index in [1.54, 1.807) is 12.1 Å². The van der Waals surface area contributed by atoms with Gasteiger partial charge in [0.1, 0.15) is 5.75 Å². The highest BCUT2D eigenvalue weighted by Gasteiger charge is 2.54. The van der Waals surface area contributed by atoms with Gasteiger partial charge in [-0.25, -0.2) is 0 Å². The minimum Gasteiger partial charge on any atom is -0.507 e. The summed E-state index contributed by atoms with van der Waals surface area (Å²) in [5, 5.41) is 33.7. The van der Waals surface area contributed by atoms with E-state index in [4.69, 9.17) is 0 Å². The summed E-state index contributed by atoms with van der Waals surface area (Å²) >= 11 is 1.51. The molecule has 3 N–H and O–H groups in total. The Balaban J connectivity index is 1.52. The number of carbonyl (C=O) groups excluding carboxylic acids is 2. The van der Waals surface area contributed by atoms with E-state index in [-0.39, 0.29) is 30.7 Å². The van der Waals surface area contributed by atoms with Crippen LogP contribution in [0.5, 0.6) is 5.75 Å². The fourth-order valence-corrected chi connectivity index (χ4v) is 6.49. The number of allylic oxidation sites excluding steroid dienone is 2. The van der Waals surface area contributed by atoms with Crippen LogP contribution in [-0.4, -0.2) is 44.7 Å². The van der Waals surface area contributed by atoms with Crippen molar-refractivity contribution in [3.8, 4) is 5.75 Å². The maximum atomic E-state index is 13.4. The number of aliphatic hydroxyl groups is 2. The summed E-state index contributed by atoms with van der Waals surface area (Å²) < 4.78 is 0. The van der Waals surface area contributed by atoms with Crippen LogP contribution in [0.1, 0.15) is 56.4 Å². The largest absolute Gasteiger partial charge is 0.507 e. The number of carbonyl (C=O) groups is 2. The number of aliphatic hydroxyl groups excluding tert-OH is 2. The van der Waals surface area contributed by atoms with Gasteiger partial charge in [0.15, 0.2) is 0 Å². The summed E-state index contributed by atoms with van der Waals surface area (Å²) in [5.74, 6) is -1.90. The number of phenolic OH excluding ortho intramolecular Hbond substituents is 1. The van der Waals surface area contributed by atoms with Gasteiger partial charge >= 0.3 is 0 Å². The molecule has 6 nitrogen and oxygen atoms in total. The van der Waals surface area contributed by atoms with Crippen molar-refractivity contribution in [3.63, 3.8) is 0 Å². The van der Waals surface area contributed by atoms with E-state index in [0.29, 0.717) is 24.8 Å². The molecule has 36 heavy (non-hydrogen) atoms. The third-order valence-electron chi connectivity index (χ3n) is 7.48. The number of para-hydroxylation sites is 1. The van der Waals surface area contributed by atoms with E-state index in [0.717, 1.165) is 34.4 Å². The van der Waals surface area contributed by atoms with Crippen molar-refractivity contribution >= 4 is 29.2 Å². The fraction of sp³-hybridized carbons (Fsp3) is 0.448. The molecule has 1 aromatic carbocycles. The van der Waals surface area contributed by atoms with Crippen molar-refractivity contribution < 1.29 is 24.9 Å². The van der Waals surface area contributed by atoms with E-state index >= 15 is 0 Å². The summed E-state index contributed by atoms with van der Waals surface area (Å²) in [6.07, 6.45) is 4.45. The smallest absolute Gasteiger partial charge is 0.234 e. The lowest BCUT2D eigenvalue weighted by atomic mass is 9.68. The number of thiophene rings is 1. The van der Waals surface area contributed by atoms with Gasteiger partial charge in [0.2, 0.25) is 11.8 Å². The van der Waals surface area contributed by atoms with E-state index in [9.17, 15) is 24.9 Å². The number of hydrogen-bond donors (Lipinski definition) is 3. The number of amides is 2. The zero-order valence-corrected chi connectivity index (χ0v) is 21.7. The molecular weight excluding hydrogens is 474 g/mol. The molecule has 1 fully saturated rings. The first-order valence-electron chi connectivity index (χ1n) is 12.7. The quantitative estimate of drug-likeness (QED) is 0.312. The number of phenols is 1. The van der Waals surface area contributed by atoms with Gasteiger partial charge < -0.3 is 15.3 Å². The Bertz CT molecular complexity index is 1150. The molecule has 2 heterocycles. The van der Waals surface area contributed by atoms with E-state index in [2.05, 4.69) is 6.92 Å². The Hall–Kier alpha value is -2.74. The molecule has 1 aromatic heterocycles. The number of benzene rings is 1. The van der Waals surface area contributed by atoms with Crippen LogP contribution in [0.4, 0.5) is 0 Å². The summed E-state index contributed by atoms with van der Waals surface area (Å²) in [5.41, 5.74) is 3.47. The van der Waals surface area contributed by atoms with E-state index in [1.165, 1.54) is 16.2 Å². The molecule has 0 saturated carbocycles. The number of rotatable bonds is 10. The average molecular weight is 510 g/mol. The van der Waals surface area contributed by atoms with E-state index in [1.807, 2.05) is 42.6 Å². The maximum absolute atomic E-state index is 13.4. The molecule has 0 spiro atoms. The molecule has 4 rings (SSSR count). The Morgan fingerprint density at radius 3 is 2.61 bits per heavy atom. The second-order valence-electron chi connectivity index (χ2n) is 9.87. The molecule has 1 aliphatic carbocycles. The van der Waals surface area contributed by atoms with Crippen molar-refractivity contribution in [3.05, 3.63) is 68.9 Å². The summed E-state index contributed by atoms with van der Waals surface area (Å²) in [4.78, 5) is 28.8. The third kappa shape index (κ3) is 5.33. The highest BCUT2D eigenvalue weighted by Crippen LogP contribution is 2.46. The van der Waals surface area contributed by atoms with E-state index < -0.39 is 23.9 Å². The minimum absolute atomic E-state index is 0.180. The Morgan fingerprint density at radius 2 is 1.94 bits per heavy atom. The Morgan fingerprint density at radius 1 is 1.17 bits per heavy atom. The molecule has 0 bridgehead atoms. The molecule has 2 amide bonds. The van der Waals surface area contributed by atoms with Crippen LogP contribution in [0.2, 0.25) is 0 Å². The normalized spacial score (nSPS) is 23.4. The van der Waals surface area contributed by atoms with Gasteiger partial charge in [-0.15, -0.1) is 11.3 Å². The average Bonchev–Trinajstić information content (AvgIpc) is 3.46. The van der Waals surface area contributed by atoms with Gasteiger partial charge in [0, 0.05) is 16.4 Å². The topological polar surface area (TPSA) is 98.1 Å². The molecule has 4 atom stereocenters. The van der Waals surface area contributed by atoms with Gasteiger partial charge in [-0.3, -0.25) is 14.5 Å². The molecule has 1 aliphatic heterocycles. The second-order valence-corrected chi connectivity index (χ2v) is 10.9. The van der Waals surface area contributed by atoms with Crippen molar-refractivity contribution in [2.45, 2.75) is 58.6 Å². The van der Waals surface area contributed by atoms with Gasteiger partial charge in [-0.1, -0.05) is 54.8 Å². The first-order chi connectivity index (χ1) is 17.3. The van der Waals surface area contributed by atoms with Crippen molar-refractivity contribution in [1.82, 2.24) is 4.90 Å². The number of hydrogen-bond acceptors (Lipinski definition) is 6. The third-order valence-corrected chi connectivity index (χ3v) is 8.34. The van der Waals surface area contributed by atoms with Crippen LogP contribution in [0.3, 0.4) is 0 Å². The SMILES string of the molecule is CCC/C(=C\c1ccccc1O)CC[C@@H](O)C1=C(C)C[C@H]2C(=O)N(Cc3cccs3)C(=O)[C@H]2[C@H]1CO. The summed E-state index contributed by atoms with van der Waals surface area (Å²) in [7, 11) is 0. The lowest BCUT2D eigenvalue weighted by Gasteiger charge is -2.35. The van der Waals surface area contributed by atoms with Gasteiger partial charge in [-0.05, 0) is 55.7 Å². The number of imide groups is 1. The Kier molecular flexibility index (Phi) is 8.44. The first-order valence-corrected chi connectivity index (χ1v) is 13.6. The standard InChI is InChI=1S/C29H35NO5S/c1-3-7-19(15-20-8-4-5-10-24(20)32)11-12-25(33)26-18(2)14-22-27(23(26)17-31)29(35)30(28(22)34)16-21-9-6-13-36-21/h4-6,8-10,13,15,22-23,25,27,31-33H,3,7,11-12,14,16-17H2,1-2H3/b19-15+/t22-,23+,25-,27-/m1/s1. The minimum atomic E-state index is -0.818. The monoisotopic (exact) mass is 509 g/mol. The second kappa shape index (κ2) is 11.5.